The number of fused-ring (bicyclic) bond motifs is 3. The Kier molecular flexibility index (Phi) is 4.64. The van der Waals surface area contributed by atoms with E-state index in [4.69, 9.17) is 30.9 Å². The van der Waals surface area contributed by atoms with Gasteiger partial charge >= 0.3 is 0 Å². The molecule has 2 aromatic carbocycles. The van der Waals surface area contributed by atoms with E-state index in [0.717, 1.165) is 29.0 Å². The molecule has 142 valence electrons. The smallest absolute Gasteiger partial charge is 0.190 e. The maximum atomic E-state index is 6.25. The Morgan fingerprint density at radius 3 is 2.59 bits per heavy atom. The number of hydrogen-bond donors (Lipinski definition) is 0. The summed E-state index contributed by atoms with van der Waals surface area (Å²) < 4.78 is 17.0. The zero-order valence-electron chi connectivity index (χ0n) is 15.9. The summed E-state index contributed by atoms with van der Waals surface area (Å²) in [5.41, 5.74) is 3.11. The monoisotopic (exact) mass is 386 g/mol. The van der Waals surface area contributed by atoms with E-state index in [-0.39, 0.29) is 12.3 Å². The first-order chi connectivity index (χ1) is 13.0. The quantitative estimate of drug-likeness (QED) is 0.750. The maximum absolute atomic E-state index is 6.25. The van der Waals surface area contributed by atoms with Crippen molar-refractivity contribution in [2.45, 2.75) is 32.5 Å². The molecule has 2 aromatic rings. The Hall–Kier alpha value is -2.40. The van der Waals surface area contributed by atoms with Gasteiger partial charge in [0.05, 0.1) is 26.0 Å². The molecule has 0 spiro atoms. The van der Waals surface area contributed by atoms with Gasteiger partial charge in [-0.05, 0) is 36.4 Å². The van der Waals surface area contributed by atoms with Crippen LogP contribution in [0, 0.1) is 5.92 Å². The average Bonchev–Trinajstić information content (AvgIpc) is 3.12. The van der Waals surface area contributed by atoms with Crippen LogP contribution in [0.15, 0.2) is 41.5 Å². The van der Waals surface area contributed by atoms with Crippen molar-refractivity contribution in [2.75, 3.05) is 14.2 Å². The Labute approximate surface area is 164 Å². The molecule has 0 aromatic heterocycles. The fourth-order valence-electron chi connectivity index (χ4n) is 3.72. The Bertz CT molecular complexity index is 897. The third-order valence-electron chi connectivity index (χ3n) is 5.07. The first kappa shape index (κ1) is 18.0. The summed E-state index contributed by atoms with van der Waals surface area (Å²) in [6, 6.07) is 11.8. The summed E-state index contributed by atoms with van der Waals surface area (Å²) in [5.74, 6) is 2.59. The van der Waals surface area contributed by atoms with Crippen LogP contribution in [-0.2, 0) is 0 Å². The molecule has 2 heterocycles. The molecule has 5 nitrogen and oxygen atoms in total. The molecule has 6 heteroatoms. The van der Waals surface area contributed by atoms with Crippen LogP contribution in [0.1, 0.15) is 37.4 Å². The molecule has 4 rings (SSSR count). The molecule has 2 unspecified atom stereocenters. The van der Waals surface area contributed by atoms with E-state index >= 15 is 0 Å². The molecule has 2 atom stereocenters. The first-order valence-corrected chi connectivity index (χ1v) is 9.44. The van der Waals surface area contributed by atoms with Crippen molar-refractivity contribution in [1.29, 1.82) is 0 Å². The van der Waals surface area contributed by atoms with E-state index in [9.17, 15) is 0 Å². The summed E-state index contributed by atoms with van der Waals surface area (Å²) in [6.07, 6.45) is 0.677. The van der Waals surface area contributed by atoms with Gasteiger partial charge in [-0.1, -0.05) is 25.4 Å². The van der Waals surface area contributed by atoms with Gasteiger partial charge in [-0.2, -0.15) is 5.10 Å². The Morgan fingerprint density at radius 1 is 1.11 bits per heavy atom. The van der Waals surface area contributed by atoms with Crippen LogP contribution in [0.2, 0.25) is 5.02 Å². The number of methoxy groups -OCH3 is 2. The number of nitrogens with zero attached hydrogens (tertiary/aromatic N) is 2. The summed E-state index contributed by atoms with van der Waals surface area (Å²) in [6.45, 7) is 4.29. The van der Waals surface area contributed by atoms with E-state index < -0.39 is 0 Å². The number of hydrogen-bond acceptors (Lipinski definition) is 5. The zero-order valence-corrected chi connectivity index (χ0v) is 16.7. The third kappa shape index (κ3) is 3.10. The van der Waals surface area contributed by atoms with Crippen molar-refractivity contribution in [1.82, 2.24) is 5.01 Å². The van der Waals surface area contributed by atoms with Crippen LogP contribution in [0.3, 0.4) is 0 Å². The van der Waals surface area contributed by atoms with Crippen LogP contribution in [-0.4, -0.2) is 31.2 Å². The molecule has 2 aliphatic heterocycles. The van der Waals surface area contributed by atoms with Gasteiger partial charge in [0, 0.05) is 28.5 Å². The summed E-state index contributed by atoms with van der Waals surface area (Å²) in [4.78, 5) is 0. The summed E-state index contributed by atoms with van der Waals surface area (Å²) >= 11 is 6.25. The number of rotatable bonds is 4. The van der Waals surface area contributed by atoms with E-state index in [1.807, 2.05) is 36.4 Å². The topological polar surface area (TPSA) is 43.3 Å². The minimum absolute atomic E-state index is 0.110. The second-order valence-electron chi connectivity index (χ2n) is 7.15. The molecular formula is C21H23ClN2O3. The molecule has 2 aliphatic rings. The SMILES string of the molecule is COc1ccc(C2=NN3C(C2)c2cc(Cl)ccc2OC3C(C)C)cc1OC. The number of ether oxygens (including phenoxy) is 3. The molecule has 0 aliphatic carbocycles. The predicted octanol–water partition coefficient (Wildman–Crippen LogP) is 4.88. The summed E-state index contributed by atoms with van der Waals surface area (Å²) in [5, 5.41) is 7.71. The van der Waals surface area contributed by atoms with Crippen molar-refractivity contribution >= 4 is 17.3 Å². The van der Waals surface area contributed by atoms with E-state index in [1.54, 1.807) is 14.2 Å². The molecule has 0 bridgehead atoms. The van der Waals surface area contributed by atoms with Gasteiger partial charge in [-0.15, -0.1) is 0 Å². The second-order valence-corrected chi connectivity index (χ2v) is 7.59. The Balaban J connectivity index is 1.74. The van der Waals surface area contributed by atoms with Gasteiger partial charge in [0.25, 0.3) is 0 Å². The molecule has 0 saturated carbocycles. The molecule has 27 heavy (non-hydrogen) atoms. The molecule has 0 radical (unpaired) electrons. The van der Waals surface area contributed by atoms with E-state index in [0.29, 0.717) is 22.4 Å². The van der Waals surface area contributed by atoms with Crippen molar-refractivity contribution in [3.05, 3.63) is 52.5 Å². The third-order valence-corrected chi connectivity index (χ3v) is 5.30. The highest BCUT2D eigenvalue weighted by molar-refractivity contribution is 6.30. The van der Waals surface area contributed by atoms with Gasteiger partial charge in [0.15, 0.2) is 17.7 Å². The lowest BCUT2D eigenvalue weighted by Gasteiger charge is -2.40. The van der Waals surface area contributed by atoms with Crippen LogP contribution in [0.5, 0.6) is 17.2 Å². The summed E-state index contributed by atoms with van der Waals surface area (Å²) in [7, 11) is 3.28. The molecule has 0 amide bonds. The van der Waals surface area contributed by atoms with Crippen molar-refractivity contribution in [2.24, 2.45) is 11.0 Å². The zero-order chi connectivity index (χ0) is 19.1. The first-order valence-electron chi connectivity index (χ1n) is 9.06. The number of halogens is 1. The highest BCUT2D eigenvalue weighted by Gasteiger charge is 2.41. The Morgan fingerprint density at radius 2 is 1.89 bits per heavy atom. The number of benzene rings is 2. The predicted molar refractivity (Wildman–Crippen MR) is 106 cm³/mol. The maximum Gasteiger partial charge on any atom is 0.190 e. The highest BCUT2D eigenvalue weighted by atomic mass is 35.5. The van der Waals surface area contributed by atoms with Crippen molar-refractivity contribution in [3.8, 4) is 17.2 Å². The highest BCUT2D eigenvalue weighted by Crippen LogP contribution is 2.45. The second kappa shape index (κ2) is 6.97. The standard InChI is InChI=1S/C21H23ClN2O3/c1-12(2)21-24-17(15-10-14(22)6-8-18(15)27-21)11-16(23-24)13-5-7-19(25-3)20(9-13)26-4/h5-10,12,17,21H,11H2,1-4H3. The van der Waals surface area contributed by atoms with Crippen LogP contribution in [0.4, 0.5) is 0 Å². The van der Waals surface area contributed by atoms with Gasteiger partial charge in [0.1, 0.15) is 5.75 Å². The lowest BCUT2D eigenvalue weighted by atomic mass is 9.95. The lowest BCUT2D eigenvalue weighted by molar-refractivity contribution is -0.0461. The van der Waals surface area contributed by atoms with Crippen molar-refractivity contribution in [3.63, 3.8) is 0 Å². The number of hydrazone groups is 1. The van der Waals surface area contributed by atoms with Gasteiger partial charge in [-0.3, -0.25) is 0 Å². The van der Waals surface area contributed by atoms with Gasteiger partial charge < -0.3 is 14.2 Å². The van der Waals surface area contributed by atoms with Crippen LogP contribution < -0.4 is 14.2 Å². The molecule has 0 N–H and O–H groups in total. The molecular weight excluding hydrogens is 364 g/mol. The minimum atomic E-state index is -0.110. The average molecular weight is 387 g/mol. The van der Waals surface area contributed by atoms with E-state index in [2.05, 4.69) is 18.9 Å². The lowest BCUT2D eigenvalue weighted by Crippen LogP contribution is -2.43. The van der Waals surface area contributed by atoms with Gasteiger partial charge in [0.2, 0.25) is 0 Å². The fraction of sp³-hybridized carbons (Fsp3) is 0.381. The fourth-order valence-corrected chi connectivity index (χ4v) is 3.90. The van der Waals surface area contributed by atoms with Crippen LogP contribution in [0.25, 0.3) is 0 Å². The van der Waals surface area contributed by atoms with Crippen LogP contribution >= 0.6 is 11.6 Å². The normalized spacial score (nSPS) is 20.7. The van der Waals surface area contributed by atoms with Gasteiger partial charge in [-0.25, -0.2) is 5.01 Å². The molecule has 0 fully saturated rings. The minimum Gasteiger partial charge on any atom is -0.493 e. The largest absolute Gasteiger partial charge is 0.493 e. The molecule has 0 saturated heterocycles. The van der Waals surface area contributed by atoms with E-state index in [1.165, 1.54) is 0 Å². The van der Waals surface area contributed by atoms with Crippen molar-refractivity contribution < 1.29 is 14.2 Å².